The molecule has 2 aromatic carbocycles. The molecule has 47 heavy (non-hydrogen) atoms. The number of carbonyl (C=O) groups is 1. The largest absolute Gasteiger partial charge is 0.485 e. The second-order valence-electron chi connectivity index (χ2n) is 10.5. The quantitative estimate of drug-likeness (QED) is 0.172. The number of benzene rings is 2. The maximum Gasteiger partial charge on any atom is 0.301 e. The molecule has 0 amide bonds. The number of rotatable bonds is 11. The third-order valence-corrected chi connectivity index (χ3v) is 8.79. The molecule has 1 saturated heterocycles. The number of aromatic nitrogens is 4. The van der Waals surface area contributed by atoms with Crippen LogP contribution in [0.3, 0.4) is 0 Å². The summed E-state index contributed by atoms with van der Waals surface area (Å²) >= 11 is 0. The number of nitrogens with two attached hydrogens (primary N) is 1. The lowest BCUT2D eigenvalue weighted by Gasteiger charge is -2.26. The Morgan fingerprint density at radius 3 is 2.62 bits per heavy atom. The topological polar surface area (TPSA) is 167 Å². The molecule has 17 heteroatoms. The fourth-order valence-electron chi connectivity index (χ4n) is 4.94. The predicted molar refractivity (Wildman–Crippen MR) is 165 cm³/mol. The van der Waals surface area contributed by atoms with E-state index in [-0.39, 0.29) is 66.4 Å². The average Bonchev–Trinajstić information content (AvgIpc) is 3.64. The van der Waals surface area contributed by atoms with E-state index in [1.54, 1.807) is 19.1 Å². The van der Waals surface area contributed by atoms with Crippen molar-refractivity contribution >= 4 is 38.4 Å². The minimum atomic E-state index is -4.07. The number of hydrogen-bond donors (Lipinski definition) is 3. The first-order chi connectivity index (χ1) is 22.5. The number of pyridine rings is 1. The Morgan fingerprint density at radius 1 is 1.13 bits per heavy atom. The summed E-state index contributed by atoms with van der Waals surface area (Å²) in [6.45, 7) is 1.41. The number of ether oxygens (including phenoxy) is 3. The Morgan fingerprint density at radius 2 is 1.89 bits per heavy atom. The molecule has 5 aromatic rings. The van der Waals surface area contributed by atoms with Gasteiger partial charge < -0.3 is 24.9 Å². The first kappa shape index (κ1) is 31.8. The maximum atomic E-state index is 14.0. The van der Waals surface area contributed by atoms with Gasteiger partial charge in [-0.2, -0.15) is 17.8 Å². The van der Waals surface area contributed by atoms with Crippen molar-refractivity contribution in [1.29, 1.82) is 0 Å². The zero-order chi connectivity index (χ0) is 33.3. The van der Waals surface area contributed by atoms with Crippen molar-refractivity contribution in [3.8, 4) is 23.1 Å². The van der Waals surface area contributed by atoms with Crippen LogP contribution in [0.15, 0.2) is 60.9 Å². The molecule has 0 unspecified atom stereocenters. The molecule has 13 nitrogen and oxygen atoms in total. The van der Waals surface area contributed by atoms with E-state index < -0.39 is 34.8 Å². The number of para-hydroxylation sites is 1. The fourth-order valence-corrected chi connectivity index (χ4v) is 6.13. The SMILES string of the molecule is Cc1cc(Oc2ccccc2F)ncc1-n1ncc(C(=O)c2cc3cc(OCC(F)F)c(NS(=O)(=O)N4CCOCC4)cc3[nH]2)c1N. The second-order valence-corrected chi connectivity index (χ2v) is 12.1. The van der Waals surface area contributed by atoms with Gasteiger partial charge in [-0.05, 0) is 42.8 Å². The number of ketones is 1. The molecule has 0 saturated carbocycles. The number of fused-ring (bicyclic) bond motifs is 1. The molecule has 4 heterocycles. The number of aromatic amines is 1. The van der Waals surface area contributed by atoms with Crippen LogP contribution < -0.4 is 19.9 Å². The number of halogens is 3. The standard InChI is InChI=1S/C30H28F3N7O6S/c1-17-10-28(46-25-5-3-2-4-20(25)31)35-15-24(17)40-30(34)19(14-36-40)29(41)23-11-18-12-26(45-16-27(32)33)22(13-21(18)37-23)38-47(42,43)39-6-8-44-9-7-39/h2-5,10-15,27,37-38H,6-9,16,34H2,1H3. The van der Waals surface area contributed by atoms with E-state index in [2.05, 4.69) is 19.8 Å². The molecule has 1 aliphatic heterocycles. The number of nitrogens with one attached hydrogen (secondary N) is 2. The maximum absolute atomic E-state index is 14.0. The molecular weight excluding hydrogens is 643 g/mol. The smallest absolute Gasteiger partial charge is 0.301 e. The lowest BCUT2D eigenvalue weighted by molar-refractivity contribution is 0.0733. The molecule has 4 N–H and O–H groups in total. The van der Waals surface area contributed by atoms with Crippen molar-refractivity contribution in [2.75, 3.05) is 43.4 Å². The summed E-state index contributed by atoms with van der Waals surface area (Å²) < 4.78 is 87.0. The number of morpholine rings is 1. The van der Waals surface area contributed by atoms with Crippen molar-refractivity contribution in [2.45, 2.75) is 13.3 Å². The molecule has 0 atom stereocenters. The van der Waals surface area contributed by atoms with Gasteiger partial charge in [0, 0.05) is 30.1 Å². The summed E-state index contributed by atoms with van der Waals surface area (Å²) in [6, 6.07) is 11.6. The highest BCUT2D eigenvalue weighted by molar-refractivity contribution is 7.90. The van der Waals surface area contributed by atoms with Gasteiger partial charge in [-0.1, -0.05) is 12.1 Å². The van der Waals surface area contributed by atoms with Crippen LogP contribution in [0.4, 0.5) is 24.7 Å². The van der Waals surface area contributed by atoms with E-state index in [1.165, 1.54) is 57.8 Å². The van der Waals surface area contributed by atoms with Gasteiger partial charge in [0.1, 0.15) is 18.2 Å². The summed E-state index contributed by atoms with van der Waals surface area (Å²) in [6.07, 6.45) is -0.107. The first-order valence-corrected chi connectivity index (χ1v) is 15.6. The molecule has 6 rings (SSSR count). The van der Waals surface area contributed by atoms with Crippen LogP contribution in [0.2, 0.25) is 0 Å². The fraction of sp³-hybridized carbons (Fsp3) is 0.233. The predicted octanol–water partition coefficient (Wildman–Crippen LogP) is 4.43. The van der Waals surface area contributed by atoms with Crippen LogP contribution in [0.25, 0.3) is 16.6 Å². The van der Waals surface area contributed by atoms with Crippen LogP contribution in [-0.2, 0) is 14.9 Å². The number of aryl methyl sites for hydroxylation is 1. The normalized spacial score (nSPS) is 14.1. The van der Waals surface area contributed by atoms with Gasteiger partial charge in [-0.25, -0.2) is 22.8 Å². The van der Waals surface area contributed by atoms with Crippen LogP contribution in [-0.4, -0.2) is 77.6 Å². The van der Waals surface area contributed by atoms with Crippen LogP contribution in [0, 0.1) is 12.7 Å². The third kappa shape index (κ3) is 6.72. The van der Waals surface area contributed by atoms with E-state index in [0.717, 1.165) is 0 Å². The molecule has 0 radical (unpaired) electrons. The van der Waals surface area contributed by atoms with Gasteiger partial charge in [-0.3, -0.25) is 9.52 Å². The summed E-state index contributed by atoms with van der Waals surface area (Å²) in [7, 11) is -4.07. The van der Waals surface area contributed by atoms with E-state index >= 15 is 0 Å². The van der Waals surface area contributed by atoms with Crippen molar-refractivity contribution < 1.29 is 40.6 Å². The van der Waals surface area contributed by atoms with Crippen molar-refractivity contribution in [3.05, 3.63) is 83.6 Å². The third-order valence-electron chi connectivity index (χ3n) is 7.27. The lowest BCUT2D eigenvalue weighted by Crippen LogP contribution is -2.43. The molecule has 0 bridgehead atoms. The van der Waals surface area contributed by atoms with E-state index in [4.69, 9.17) is 19.9 Å². The Bertz CT molecular complexity index is 2060. The molecule has 0 aliphatic carbocycles. The minimum Gasteiger partial charge on any atom is -0.485 e. The highest BCUT2D eigenvalue weighted by atomic mass is 32.2. The minimum absolute atomic E-state index is 0.00115. The Labute approximate surface area is 266 Å². The zero-order valence-electron chi connectivity index (χ0n) is 24.7. The monoisotopic (exact) mass is 671 g/mol. The molecule has 3 aromatic heterocycles. The van der Waals surface area contributed by atoms with Gasteiger partial charge in [0.2, 0.25) is 11.7 Å². The lowest BCUT2D eigenvalue weighted by atomic mass is 10.1. The summed E-state index contributed by atoms with van der Waals surface area (Å²) in [5.74, 6) is -1.09. The Hall–Kier alpha value is -5.13. The molecule has 1 aliphatic rings. The van der Waals surface area contributed by atoms with Gasteiger partial charge in [0.25, 0.3) is 6.43 Å². The molecule has 1 fully saturated rings. The van der Waals surface area contributed by atoms with Crippen molar-refractivity contribution in [1.82, 2.24) is 24.1 Å². The number of carbonyl (C=O) groups excluding carboxylic acids is 1. The number of nitrogens with zero attached hydrogens (tertiary/aromatic N) is 4. The average molecular weight is 672 g/mol. The van der Waals surface area contributed by atoms with Gasteiger partial charge in [0.15, 0.2) is 11.6 Å². The number of hydrogen-bond acceptors (Lipinski definition) is 9. The Kier molecular flexibility index (Phi) is 8.76. The summed E-state index contributed by atoms with van der Waals surface area (Å²) in [5.41, 5.74) is 7.76. The van der Waals surface area contributed by atoms with Gasteiger partial charge in [-0.15, -0.1) is 0 Å². The number of H-pyrrole nitrogens is 1. The zero-order valence-corrected chi connectivity index (χ0v) is 25.6. The van der Waals surface area contributed by atoms with Gasteiger partial charge >= 0.3 is 10.2 Å². The summed E-state index contributed by atoms with van der Waals surface area (Å²) in [4.78, 5) is 20.7. The molecular formula is C30H28F3N7O6S. The van der Waals surface area contributed by atoms with Crippen molar-refractivity contribution in [2.24, 2.45) is 0 Å². The number of alkyl halides is 2. The van der Waals surface area contributed by atoms with E-state index in [1.807, 2.05) is 0 Å². The van der Waals surface area contributed by atoms with E-state index in [9.17, 15) is 26.4 Å². The number of anilines is 2. The van der Waals surface area contributed by atoms with E-state index in [0.29, 0.717) is 22.2 Å². The van der Waals surface area contributed by atoms with Crippen LogP contribution in [0.5, 0.6) is 17.4 Å². The number of nitrogen functional groups attached to an aromatic ring is 1. The Balaban J connectivity index is 1.27. The van der Waals surface area contributed by atoms with Gasteiger partial charge in [0.05, 0.1) is 48.2 Å². The van der Waals surface area contributed by atoms with Crippen LogP contribution in [0.1, 0.15) is 21.6 Å². The highest BCUT2D eigenvalue weighted by Crippen LogP contribution is 2.34. The first-order valence-electron chi connectivity index (χ1n) is 14.2. The molecule has 246 valence electrons. The second kappa shape index (κ2) is 12.9. The summed E-state index contributed by atoms with van der Waals surface area (Å²) in [5, 5.41) is 4.66. The molecule has 0 spiro atoms. The highest BCUT2D eigenvalue weighted by Gasteiger charge is 2.27. The van der Waals surface area contributed by atoms with Crippen LogP contribution >= 0.6 is 0 Å². The van der Waals surface area contributed by atoms with Crippen molar-refractivity contribution in [3.63, 3.8) is 0 Å².